The van der Waals surface area contributed by atoms with E-state index in [1.54, 1.807) is 23.9 Å². The van der Waals surface area contributed by atoms with Crippen molar-refractivity contribution in [1.82, 2.24) is 15.0 Å². The van der Waals surface area contributed by atoms with Crippen LogP contribution in [0.25, 0.3) is 31.9 Å². The van der Waals surface area contributed by atoms with E-state index in [0.717, 1.165) is 62.8 Å². The molecule has 0 bridgehead atoms. The number of rotatable bonds is 2. The monoisotopic (exact) mass is 420 g/mol. The zero-order valence-electron chi connectivity index (χ0n) is 17.3. The number of hydrogen-bond acceptors (Lipinski definition) is 7. The number of aromatic nitrogens is 3. The second-order valence-corrected chi connectivity index (χ2v) is 9.82. The molecule has 6 heterocycles. The minimum Gasteiger partial charge on any atom is -0.463 e. The van der Waals surface area contributed by atoms with Gasteiger partial charge >= 0.3 is 0 Å². The summed E-state index contributed by atoms with van der Waals surface area (Å²) in [6, 6.07) is 3.88. The maximum absolute atomic E-state index is 6.17. The summed E-state index contributed by atoms with van der Waals surface area (Å²) < 4.78 is 13.0. The molecule has 0 unspecified atom stereocenters. The molecule has 0 N–H and O–H groups in total. The van der Waals surface area contributed by atoms with Crippen LogP contribution < -0.4 is 4.90 Å². The van der Waals surface area contributed by atoms with Crippen molar-refractivity contribution in [3.63, 3.8) is 0 Å². The summed E-state index contributed by atoms with van der Waals surface area (Å²) in [6.07, 6.45) is 7.98. The van der Waals surface area contributed by atoms with Gasteiger partial charge in [-0.3, -0.25) is 0 Å². The quantitative estimate of drug-likeness (QED) is 0.436. The van der Waals surface area contributed by atoms with E-state index in [-0.39, 0.29) is 5.60 Å². The molecular formula is C23H24N4O2S. The number of fused-ring (bicyclic) bond motifs is 5. The molecular weight excluding hydrogens is 396 g/mol. The fraction of sp³-hybridized carbons (Fsp3) is 0.435. The average Bonchev–Trinajstić information content (AvgIpc) is 3.40. The first-order chi connectivity index (χ1) is 14.6. The van der Waals surface area contributed by atoms with Crippen LogP contribution in [0.2, 0.25) is 0 Å². The third-order valence-electron chi connectivity index (χ3n) is 6.22. The van der Waals surface area contributed by atoms with E-state index < -0.39 is 0 Å². The van der Waals surface area contributed by atoms with Crippen LogP contribution in [0.3, 0.4) is 0 Å². The molecule has 0 amide bonds. The van der Waals surface area contributed by atoms with Crippen LogP contribution in [-0.4, -0.2) is 33.6 Å². The second-order valence-electron chi connectivity index (χ2n) is 8.82. The highest BCUT2D eigenvalue weighted by Gasteiger charge is 2.33. The summed E-state index contributed by atoms with van der Waals surface area (Å²) in [5.74, 6) is 1.85. The molecule has 0 spiro atoms. The van der Waals surface area contributed by atoms with E-state index in [1.807, 2.05) is 12.1 Å². The van der Waals surface area contributed by atoms with Gasteiger partial charge in [-0.15, -0.1) is 11.3 Å². The first kappa shape index (κ1) is 18.3. The van der Waals surface area contributed by atoms with Crippen LogP contribution in [0.5, 0.6) is 0 Å². The van der Waals surface area contributed by atoms with Crippen molar-refractivity contribution in [3.05, 3.63) is 35.9 Å². The zero-order chi connectivity index (χ0) is 20.3. The van der Waals surface area contributed by atoms with E-state index in [0.29, 0.717) is 6.61 Å². The number of anilines is 1. The highest BCUT2D eigenvalue weighted by molar-refractivity contribution is 7.26. The standard InChI is InChI=1S/C23H24N4O2S/c1-23(2)11-14-15(12-29-23)18(16-7-6-10-28-16)26-22-17(14)19-20(30-22)21(25-13-24-19)27-8-4-3-5-9-27/h6-7,10,13H,3-5,8-9,11-12H2,1-2H3. The lowest BCUT2D eigenvalue weighted by Gasteiger charge is -2.32. The van der Waals surface area contributed by atoms with Crippen LogP contribution in [0, 0.1) is 0 Å². The van der Waals surface area contributed by atoms with Gasteiger partial charge < -0.3 is 14.1 Å². The number of furan rings is 1. The van der Waals surface area contributed by atoms with Gasteiger partial charge in [0.05, 0.1) is 28.7 Å². The van der Waals surface area contributed by atoms with E-state index in [1.165, 1.54) is 24.8 Å². The number of ether oxygens (including phenoxy) is 1. The van der Waals surface area contributed by atoms with Crippen molar-refractivity contribution in [2.24, 2.45) is 0 Å². The predicted octanol–water partition coefficient (Wildman–Crippen LogP) is 5.34. The zero-order valence-corrected chi connectivity index (χ0v) is 18.1. The van der Waals surface area contributed by atoms with Gasteiger partial charge in [-0.25, -0.2) is 15.0 Å². The molecule has 4 aromatic heterocycles. The predicted molar refractivity (Wildman–Crippen MR) is 119 cm³/mol. The van der Waals surface area contributed by atoms with Crippen LogP contribution >= 0.6 is 11.3 Å². The molecule has 2 aliphatic heterocycles. The van der Waals surface area contributed by atoms with E-state index in [9.17, 15) is 0 Å². The molecule has 6 nitrogen and oxygen atoms in total. The summed E-state index contributed by atoms with van der Waals surface area (Å²) in [5.41, 5.74) is 4.10. The number of piperidine rings is 1. The number of nitrogens with zero attached hydrogens (tertiary/aromatic N) is 4. The minimum absolute atomic E-state index is 0.224. The molecule has 0 saturated carbocycles. The molecule has 0 atom stereocenters. The third kappa shape index (κ3) is 2.83. The van der Waals surface area contributed by atoms with Crippen LogP contribution in [-0.2, 0) is 17.8 Å². The normalized spacial score (nSPS) is 18.8. The van der Waals surface area contributed by atoms with E-state index >= 15 is 0 Å². The number of pyridine rings is 1. The average molecular weight is 421 g/mol. The van der Waals surface area contributed by atoms with Gasteiger partial charge in [0.25, 0.3) is 0 Å². The van der Waals surface area contributed by atoms with Crippen LogP contribution in [0.1, 0.15) is 44.2 Å². The van der Waals surface area contributed by atoms with Gasteiger partial charge in [0.15, 0.2) is 5.76 Å². The van der Waals surface area contributed by atoms with Gasteiger partial charge in [0, 0.05) is 30.5 Å². The van der Waals surface area contributed by atoms with Crippen molar-refractivity contribution in [2.45, 2.75) is 51.7 Å². The van der Waals surface area contributed by atoms with Crippen molar-refractivity contribution < 1.29 is 9.15 Å². The first-order valence-corrected chi connectivity index (χ1v) is 11.4. The van der Waals surface area contributed by atoms with Gasteiger partial charge in [0.2, 0.25) is 0 Å². The molecule has 7 heteroatoms. The Kier molecular flexibility index (Phi) is 4.11. The lowest BCUT2D eigenvalue weighted by Crippen LogP contribution is -2.32. The molecule has 1 saturated heterocycles. The maximum Gasteiger partial charge on any atom is 0.152 e. The van der Waals surface area contributed by atoms with Crippen LogP contribution in [0.15, 0.2) is 29.1 Å². The fourth-order valence-corrected chi connectivity index (χ4v) is 5.92. The summed E-state index contributed by atoms with van der Waals surface area (Å²) in [7, 11) is 0. The second kappa shape index (κ2) is 6.75. The Morgan fingerprint density at radius 2 is 1.97 bits per heavy atom. The van der Waals surface area contributed by atoms with Crippen molar-refractivity contribution in [1.29, 1.82) is 0 Å². The number of thiophene rings is 1. The molecule has 0 radical (unpaired) electrons. The molecule has 2 aliphatic rings. The van der Waals surface area contributed by atoms with Gasteiger partial charge in [-0.1, -0.05) is 0 Å². The Morgan fingerprint density at radius 1 is 1.10 bits per heavy atom. The van der Waals surface area contributed by atoms with E-state index in [2.05, 4.69) is 18.7 Å². The molecule has 6 rings (SSSR count). The summed E-state index contributed by atoms with van der Waals surface area (Å²) in [6.45, 7) is 6.95. The molecule has 154 valence electrons. The third-order valence-corrected chi connectivity index (χ3v) is 7.29. The molecule has 30 heavy (non-hydrogen) atoms. The summed E-state index contributed by atoms with van der Waals surface area (Å²) in [4.78, 5) is 17.9. The molecule has 1 fully saturated rings. The van der Waals surface area contributed by atoms with Crippen molar-refractivity contribution >= 4 is 37.6 Å². The Labute approximate surface area is 178 Å². The SMILES string of the molecule is CC1(C)Cc2c(c(-c3ccco3)nc3sc4c(N5CCCCC5)ncnc4c23)CO1. The topological polar surface area (TPSA) is 64.3 Å². The van der Waals surface area contributed by atoms with Crippen molar-refractivity contribution in [2.75, 3.05) is 18.0 Å². The summed E-state index contributed by atoms with van der Waals surface area (Å²) in [5, 5.41) is 1.16. The molecule has 0 aliphatic carbocycles. The lowest BCUT2D eigenvalue weighted by atomic mass is 9.89. The minimum atomic E-state index is -0.224. The summed E-state index contributed by atoms with van der Waals surface area (Å²) >= 11 is 1.71. The van der Waals surface area contributed by atoms with Gasteiger partial charge in [0.1, 0.15) is 22.7 Å². The fourth-order valence-electron chi connectivity index (χ4n) is 4.74. The van der Waals surface area contributed by atoms with E-state index in [4.69, 9.17) is 24.1 Å². The lowest BCUT2D eigenvalue weighted by molar-refractivity contribution is -0.0395. The highest BCUT2D eigenvalue weighted by atomic mass is 32.1. The molecule has 0 aromatic carbocycles. The van der Waals surface area contributed by atoms with Crippen molar-refractivity contribution in [3.8, 4) is 11.5 Å². The first-order valence-electron chi connectivity index (χ1n) is 10.6. The smallest absolute Gasteiger partial charge is 0.152 e. The maximum atomic E-state index is 6.17. The Bertz CT molecular complexity index is 1240. The van der Waals surface area contributed by atoms with Crippen LogP contribution in [0.4, 0.5) is 5.82 Å². The Hall–Kier alpha value is -2.51. The van der Waals surface area contributed by atoms with Gasteiger partial charge in [-0.05, 0) is 50.8 Å². The number of hydrogen-bond donors (Lipinski definition) is 0. The largest absolute Gasteiger partial charge is 0.463 e. The highest BCUT2D eigenvalue weighted by Crippen LogP contribution is 2.44. The Balaban J connectivity index is 1.65. The Morgan fingerprint density at radius 3 is 2.77 bits per heavy atom. The molecule has 4 aromatic rings. The van der Waals surface area contributed by atoms with Gasteiger partial charge in [-0.2, -0.15) is 0 Å².